The van der Waals surface area contributed by atoms with E-state index in [9.17, 15) is 4.79 Å². The number of hydrogen-bond acceptors (Lipinski definition) is 1. The Kier molecular flexibility index (Phi) is 1.20. The maximum atomic E-state index is 11.2. The predicted octanol–water partition coefficient (Wildman–Crippen LogP) is 3.07. The zero-order chi connectivity index (χ0) is 20.7. The van der Waals surface area contributed by atoms with Gasteiger partial charge in [-0.3, -0.25) is 4.79 Å². The van der Waals surface area contributed by atoms with Crippen molar-refractivity contribution in [1.82, 2.24) is 0 Å². The molecule has 2 nitrogen and oxygen atoms in total. The van der Waals surface area contributed by atoms with Gasteiger partial charge in [0.05, 0.1) is 5.92 Å². The maximum absolute atomic E-state index is 11.2. The Morgan fingerprint density at radius 3 is 2.53 bits per heavy atom. The second-order valence-corrected chi connectivity index (χ2v) is 2.97. The molecule has 0 aliphatic carbocycles. The first-order valence-electron chi connectivity index (χ1n) is 9.73. The van der Waals surface area contributed by atoms with Crippen molar-refractivity contribution in [1.29, 1.82) is 0 Å². The molecule has 1 N–H and O–H groups in total. The van der Waals surface area contributed by atoms with Gasteiger partial charge in [0.2, 0.25) is 0 Å². The molecule has 1 unspecified atom stereocenters. The highest BCUT2D eigenvalue weighted by Gasteiger charge is 2.12. The lowest BCUT2D eigenvalue weighted by molar-refractivity contribution is -0.138. The molecular formula is C13H18O2. The van der Waals surface area contributed by atoms with Crippen LogP contribution in [0, 0.1) is 5.92 Å². The van der Waals surface area contributed by atoms with Gasteiger partial charge < -0.3 is 5.11 Å². The molecule has 0 aromatic heterocycles. The van der Waals surface area contributed by atoms with Crippen molar-refractivity contribution < 1.29 is 25.0 Å². The molecule has 1 atom stereocenters. The lowest BCUT2D eigenvalue weighted by Crippen LogP contribution is -2.07. The van der Waals surface area contributed by atoms with E-state index in [0.717, 1.165) is 24.3 Å². The predicted molar refractivity (Wildman–Crippen MR) is 61.0 cm³/mol. The summed E-state index contributed by atoms with van der Waals surface area (Å²) < 4.78 is 82.2. The first-order valence-corrected chi connectivity index (χ1v) is 4.23. The molecule has 0 bridgehead atoms. The highest BCUT2D eigenvalue weighted by atomic mass is 16.4. The number of carbonyl (C=O) groups is 1. The van der Waals surface area contributed by atoms with Gasteiger partial charge in [-0.15, -0.1) is 0 Å². The number of carboxylic acids is 1. The molecule has 82 valence electrons. The lowest BCUT2D eigenvalue weighted by atomic mass is 9.97. The molecule has 0 amide bonds. The van der Waals surface area contributed by atoms with Crippen molar-refractivity contribution in [2.24, 2.45) is 5.92 Å². The Balaban J connectivity index is 3.38. The van der Waals surface area contributed by atoms with Crippen molar-refractivity contribution in [3.05, 3.63) is 35.4 Å². The maximum Gasteiger partial charge on any atom is 0.310 e. The number of hydrogen-bond donors (Lipinski definition) is 1. The minimum atomic E-state index is -3.12. The molecule has 2 heteroatoms. The number of carboxylic acid groups (broad SMARTS) is 1. The summed E-state index contributed by atoms with van der Waals surface area (Å²) in [6, 6.07) is 4.13. The van der Waals surface area contributed by atoms with Gasteiger partial charge >= 0.3 is 5.97 Å². The summed E-state index contributed by atoms with van der Waals surface area (Å²) in [6.45, 7) is -9.07. The van der Waals surface area contributed by atoms with E-state index >= 15 is 0 Å². The third-order valence-electron chi connectivity index (χ3n) is 1.80. The Bertz CT molecular complexity index is 626. The van der Waals surface area contributed by atoms with E-state index in [2.05, 4.69) is 0 Å². The van der Waals surface area contributed by atoms with E-state index in [1.807, 2.05) is 0 Å². The van der Waals surface area contributed by atoms with Gasteiger partial charge in [0, 0.05) is 15.1 Å². The second-order valence-electron chi connectivity index (χ2n) is 2.97. The summed E-state index contributed by atoms with van der Waals surface area (Å²) in [5.41, 5.74) is -0.426. The smallest absolute Gasteiger partial charge is 0.310 e. The summed E-state index contributed by atoms with van der Waals surface area (Å²) in [5, 5.41) is 9.11. The van der Waals surface area contributed by atoms with Crippen molar-refractivity contribution in [3.63, 3.8) is 0 Å². The van der Waals surface area contributed by atoms with Crippen molar-refractivity contribution >= 4 is 5.97 Å². The number of benzene rings is 1. The van der Waals surface area contributed by atoms with Crippen molar-refractivity contribution in [2.75, 3.05) is 0 Å². The molecule has 0 saturated carbocycles. The average Bonchev–Trinajstić information content (AvgIpc) is 2.32. The standard InChI is InChI=1S/C13H18O2/c1-9(2)8-11-4-6-12(7-5-11)10(3)13(14)15/h4-7,9-10H,8H2,1-3H3,(H,14,15)/i1D3,2D3,3D3,8D2. The van der Waals surface area contributed by atoms with Crippen LogP contribution in [-0.2, 0) is 11.2 Å². The van der Waals surface area contributed by atoms with E-state index in [-0.39, 0.29) is 11.1 Å². The summed E-state index contributed by atoms with van der Waals surface area (Å²) in [7, 11) is 0. The summed E-state index contributed by atoms with van der Waals surface area (Å²) in [4.78, 5) is 11.2. The molecule has 0 radical (unpaired) electrons. The van der Waals surface area contributed by atoms with Crippen LogP contribution in [0.5, 0.6) is 0 Å². The fourth-order valence-electron chi connectivity index (χ4n) is 1.08. The molecule has 15 heavy (non-hydrogen) atoms. The molecule has 0 fully saturated rings. The highest BCUT2D eigenvalue weighted by molar-refractivity contribution is 5.75. The summed E-state index contributed by atoms with van der Waals surface area (Å²) in [5.74, 6) is -5.75. The minimum absolute atomic E-state index is 0.128. The third-order valence-corrected chi connectivity index (χ3v) is 1.80. The van der Waals surface area contributed by atoms with Crippen LogP contribution < -0.4 is 0 Å². The SMILES string of the molecule is [2H]C([2H])([2H])C(C(=O)O)c1ccc(C([2H])([2H])C(C([2H])([2H])[2H])C([2H])([2H])[2H])cc1. The zero-order valence-electron chi connectivity index (χ0n) is 18.8. The van der Waals surface area contributed by atoms with Crippen LogP contribution in [0.25, 0.3) is 0 Å². The van der Waals surface area contributed by atoms with E-state index in [0.29, 0.717) is 0 Å². The van der Waals surface area contributed by atoms with Crippen LogP contribution in [0.3, 0.4) is 0 Å². The molecule has 0 heterocycles. The Morgan fingerprint density at radius 2 is 2.07 bits per heavy atom. The number of aliphatic carboxylic acids is 1. The zero-order valence-corrected chi connectivity index (χ0v) is 7.82. The van der Waals surface area contributed by atoms with Crippen LogP contribution >= 0.6 is 0 Å². The van der Waals surface area contributed by atoms with E-state index in [4.69, 9.17) is 20.2 Å². The third kappa shape index (κ3) is 3.39. The Labute approximate surface area is 106 Å². The normalized spacial score (nSPS) is 27.1. The highest BCUT2D eigenvalue weighted by Crippen LogP contribution is 2.17. The van der Waals surface area contributed by atoms with Crippen LogP contribution in [0.15, 0.2) is 24.3 Å². The van der Waals surface area contributed by atoms with Crippen LogP contribution in [0.1, 0.15) is 52.7 Å². The van der Waals surface area contributed by atoms with Crippen molar-refractivity contribution in [3.8, 4) is 0 Å². The van der Waals surface area contributed by atoms with Gasteiger partial charge in [-0.25, -0.2) is 0 Å². The second kappa shape index (κ2) is 4.96. The summed E-state index contributed by atoms with van der Waals surface area (Å²) in [6.07, 6.45) is -2.78. The molecule has 1 aromatic rings. The largest absolute Gasteiger partial charge is 0.481 e. The fourth-order valence-corrected chi connectivity index (χ4v) is 1.08. The van der Waals surface area contributed by atoms with Crippen molar-refractivity contribution in [2.45, 2.75) is 32.8 Å². The van der Waals surface area contributed by atoms with E-state index < -0.39 is 44.7 Å². The molecular weight excluding hydrogens is 188 g/mol. The molecule has 0 aliphatic rings. The Morgan fingerprint density at radius 1 is 1.40 bits per heavy atom. The van der Waals surface area contributed by atoms with E-state index in [1.165, 1.54) is 0 Å². The summed E-state index contributed by atoms with van der Waals surface area (Å²) >= 11 is 0. The van der Waals surface area contributed by atoms with Crippen LogP contribution in [0.4, 0.5) is 0 Å². The molecule has 0 aliphatic heterocycles. The number of rotatable bonds is 4. The van der Waals surface area contributed by atoms with Gasteiger partial charge in [-0.2, -0.15) is 0 Å². The monoisotopic (exact) mass is 217 g/mol. The van der Waals surface area contributed by atoms with Crippen LogP contribution in [0.2, 0.25) is 0 Å². The van der Waals surface area contributed by atoms with Gasteiger partial charge in [0.25, 0.3) is 0 Å². The molecule has 0 saturated heterocycles. The topological polar surface area (TPSA) is 37.3 Å². The first kappa shape index (κ1) is 3.62. The Hall–Kier alpha value is -1.31. The molecule has 0 spiro atoms. The first-order chi connectivity index (χ1) is 11.4. The van der Waals surface area contributed by atoms with Gasteiger partial charge in [0.1, 0.15) is 0 Å². The quantitative estimate of drug-likeness (QED) is 0.841. The van der Waals surface area contributed by atoms with Gasteiger partial charge in [-0.1, -0.05) is 38.0 Å². The van der Waals surface area contributed by atoms with Gasteiger partial charge in [-0.05, 0) is 30.3 Å². The molecule has 1 aromatic carbocycles. The lowest BCUT2D eigenvalue weighted by Gasteiger charge is -2.09. The fraction of sp³-hybridized carbons (Fsp3) is 0.462. The minimum Gasteiger partial charge on any atom is -0.481 e. The van der Waals surface area contributed by atoms with E-state index in [1.54, 1.807) is 0 Å². The average molecular weight is 217 g/mol. The van der Waals surface area contributed by atoms with Gasteiger partial charge in [0.15, 0.2) is 0 Å². The molecule has 1 rings (SSSR count). The van der Waals surface area contributed by atoms with Crippen LogP contribution in [-0.4, -0.2) is 11.1 Å².